The highest BCUT2D eigenvalue weighted by Crippen LogP contribution is 2.60. The first-order valence-electron chi connectivity index (χ1n) is 23.1. The standard InChI is InChI=1S/C53H60N4O11/c1-51(2,3)65-43(60)29-27-39(33-58)54-48(61)40(30-34-18-10-7-11-19-34)56(6)50(63)52-31-41-44-45(67-53(66-44,37-22-12-8-13-23-37)38-24-14-9-15-25-38)47(52)68-57(46(52)49(62)64-41)32-36-21-17-16-20-35(36)26-28-42(59)55(4)5/h7-26,28,39-41,44-47,58H,27,29-33H2,1-6H3,(H,54,61)/t39-,40+,41-,44-,45-,46-,47+,52-/m0/s1. The predicted octanol–water partition coefficient (Wildman–Crippen LogP) is 4.94. The molecule has 358 valence electrons. The number of esters is 2. The second-order valence-corrected chi connectivity index (χ2v) is 19.1. The van der Waals surface area contributed by atoms with Crippen LogP contribution in [0.5, 0.6) is 0 Å². The summed E-state index contributed by atoms with van der Waals surface area (Å²) in [5, 5.41) is 14.8. The number of carbonyl (C=O) groups excluding carboxylic acids is 5. The topological polar surface area (TPSA) is 173 Å². The molecule has 3 aliphatic heterocycles. The molecule has 4 aromatic carbocycles. The minimum atomic E-state index is -1.68. The van der Waals surface area contributed by atoms with Gasteiger partial charge in [0.05, 0.1) is 19.2 Å². The van der Waals surface area contributed by atoms with Crippen LogP contribution in [0.25, 0.3) is 6.08 Å². The molecule has 4 aromatic rings. The third-order valence-corrected chi connectivity index (χ3v) is 13.1. The van der Waals surface area contributed by atoms with Gasteiger partial charge in [0.15, 0.2) is 6.04 Å². The Morgan fingerprint density at radius 1 is 0.868 bits per heavy atom. The average molecular weight is 929 g/mol. The van der Waals surface area contributed by atoms with E-state index in [1.165, 1.54) is 28.0 Å². The molecule has 15 nitrogen and oxygen atoms in total. The first kappa shape index (κ1) is 48.2. The lowest BCUT2D eigenvalue weighted by molar-refractivity contribution is -0.214. The first-order valence-corrected chi connectivity index (χ1v) is 23.1. The van der Waals surface area contributed by atoms with Gasteiger partial charge in [0, 0.05) is 57.6 Å². The largest absolute Gasteiger partial charge is 0.460 e. The smallest absolute Gasteiger partial charge is 0.327 e. The van der Waals surface area contributed by atoms with Gasteiger partial charge in [-0.15, -0.1) is 0 Å². The molecule has 3 heterocycles. The van der Waals surface area contributed by atoms with Crippen molar-refractivity contribution in [2.75, 3.05) is 27.7 Å². The number of fused-ring (bicyclic) bond motifs is 4. The van der Waals surface area contributed by atoms with Gasteiger partial charge in [-0.3, -0.25) is 28.8 Å². The number of rotatable bonds is 16. The van der Waals surface area contributed by atoms with Crippen molar-refractivity contribution in [3.05, 3.63) is 149 Å². The number of amides is 3. The fourth-order valence-electron chi connectivity index (χ4n) is 9.89. The highest BCUT2D eigenvalue weighted by atomic mass is 16.8. The van der Waals surface area contributed by atoms with Gasteiger partial charge in [-0.2, -0.15) is 5.06 Å². The third kappa shape index (κ3) is 9.58. The van der Waals surface area contributed by atoms with E-state index in [1.54, 1.807) is 40.9 Å². The Kier molecular flexibility index (Phi) is 14.0. The Morgan fingerprint density at radius 3 is 2.09 bits per heavy atom. The lowest BCUT2D eigenvalue weighted by atomic mass is 9.62. The van der Waals surface area contributed by atoms with Crippen molar-refractivity contribution in [2.24, 2.45) is 5.41 Å². The number of carbonyl (C=O) groups is 5. The van der Waals surface area contributed by atoms with E-state index < -0.39 is 89.7 Å². The summed E-state index contributed by atoms with van der Waals surface area (Å²) in [6.45, 7) is 4.81. The molecule has 3 saturated heterocycles. The summed E-state index contributed by atoms with van der Waals surface area (Å²) >= 11 is 0. The number of hydroxylamine groups is 2. The Morgan fingerprint density at radius 2 is 1.47 bits per heavy atom. The van der Waals surface area contributed by atoms with Gasteiger partial charge in [0.1, 0.15) is 41.5 Å². The number of nitrogens with one attached hydrogen (secondary N) is 1. The molecule has 3 amide bonds. The molecule has 0 unspecified atom stereocenters. The van der Waals surface area contributed by atoms with Gasteiger partial charge in [0.25, 0.3) is 0 Å². The van der Waals surface area contributed by atoms with E-state index in [2.05, 4.69) is 5.32 Å². The van der Waals surface area contributed by atoms with E-state index in [4.69, 9.17) is 23.8 Å². The zero-order chi connectivity index (χ0) is 48.4. The molecule has 68 heavy (non-hydrogen) atoms. The predicted molar refractivity (Wildman–Crippen MR) is 250 cm³/mol. The molecule has 0 aromatic heterocycles. The number of hydrogen-bond donors (Lipinski definition) is 2. The van der Waals surface area contributed by atoms with E-state index in [0.717, 1.165) is 5.56 Å². The van der Waals surface area contributed by atoms with Gasteiger partial charge in [-0.05, 0) is 50.0 Å². The fourth-order valence-corrected chi connectivity index (χ4v) is 9.89. The molecule has 8 atom stereocenters. The average Bonchev–Trinajstić information content (AvgIpc) is 3.91. The van der Waals surface area contributed by atoms with Crippen molar-refractivity contribution in [2.45, 2.75) is 107 Å². The molecule has 1 aliphatic carbocycles. The van der Waals surface area contributed by atoms with E-state index in [-0.39, 0.29) is 38.1 Å². The van der Waals surface area contributed by atoms with Crippen LogP contribution in [0.1, 0.15) is 67.9 Å². The van der Waals surface area contributed by atoms with Crippen molar-refractivity contribution in [1.29, 1.82) is 0 Å². The molecule has 0 spiro atoms. The maximum absolute atomic E-state index is 16.0. The number of ether oxygens (including phenoxy) is 4. The molecule has 8 rings (SSSR count). The van der Waals surface area contributed by atoms with Crippen LogP contribution in [0, 0.1) is 5.41 Å². The minimum Gasteiger partial charge on any atom is -0.460 e. The monoisotopic (exact) mass is 928 g/mol. The number of likely N-dealkylation sites (N-methyl/N-ethyl adjacent to an activating group) is 2. The molecule has 2 N–H and O–H groups in total. The normalized spacial score (nSPS) is 24.6. The number of nitrogens with zero attached hydrogens (tertiary/aromatic N) is 3. The molecular weight excluding hydrogens is 869 g/mol. The third-order valence-electron chi connectivity index (χ3n) is 13.1. The first-order chi connectivity index (χ1) is 32.5. The summed E-state index contributed by atoms with van der Waals surface area (Å²) in [6, 6.07) is 32.2. The molecule has 2 bridgehead atoms. The van der Waals surface area contributed by atoms with Crippen LogP contribution in [0.2, 0.25) is 0 Å². The minimum absolute atomic E-state index is 0.000854. The SMILES string of the molecule is CN(C)C(=O)C=Cc1ccccc1CN1O[C@@H]2[C@H]3OC(c4ccccc4)(c4ccccc4)O[C@H]3[C@@H]3C[C@]2(C(=O)N(C)[C@H](Cc2ccccc2)C(=O)N[C@H](CO)CCC(=O)OC(C)(C)C)[C@@H]1C(=O)O3. The van der Waals surface area contributed by atoms with Crippen LogP contribution in [0.15, 0.2) is 121 Å². The number of benzene rings is 4. The highest BCUT2D eigenvalue weighted by Gasteiger charge is 2.77. The van der Waals surface area contributed by atoms with Crippen LogP contribution in [0.4, 0.5) is 0 Å². The maximum Gasteiger partial charge on any atom is 0.327 e. The molecular formula is C53H60N4O11. The van der Waals surface area contributed by atoms with Crippen LogP contribution in [-0.4, -0.2) is 126 Å². The maximum atomic E-state index is 16.0. The van der Waals surface area contributed by atoms with Crippen molar-refractivity contribution in [3.63, 3.8) is 0 Å². The van der Waals surface area contributed by atoms with E-state index in [1.807, 2.05) is 115 Å². The van der Waals surface area contributed by atoms with Gasteiger partial charge < -0.3 is 39.2 Å². The summed E-state index contributed by atoms with van der Waals surface area (Å²) in [5.74, 6) is -4.01. The number of aliphatic hydroxyl groups is 1. The molecule has 0 radical (unpaired) electrons. The summed E-state index contributed by atoms with van der Waals surface area (Å²) in [5.41, 5.74) is 1.11. The quantitative estimate of drug-likeness (QED) is 0.115. The second kappa shape index (κ2) is 19.8. The summed E-state index contributed by atoms with van der Waals surface area (Å²) < 4.78 is 26.0. The van der Waals surface area contributed by atoms with Gasteiger partial charge in [-0.1, -0.05) is 115 Å². The van der Waals surface area contributed by atoms with Crippen LogP contribution in [-0.2, 0) is 66.5 Å². The van der Waals surface area contributed by atoms with Crippen molar-refractivity contribution in [1.82, 2.24) is 20.2 Å². The van der Waals surface area contributed by atoms with Crippen LogP contribution >= 0.6 is 0 Å². The number of hydrogen-bond acceptors (Lipinski definition) is 12. The van der Waals surface area contributed by atoms with Gasteiger partial charge in [0.2, 0.25) is 23.5 Å². The molecule has 4 aliphatic rings. The van der Waals surface area contributed by atoms with E-state index in [9.17, 15) is 24.3 Å². The van der Waals surface area contributed by atoms with Crippen molar-refractivity contribution >= 4 is 35.7 Å². The van der Waals surface area contributed by atoms with Crippen LogP contribution < -0.4 is 5.32 Å². The van der Waals surface area contributed by atoms with E-state index in [0.29, 0.717) is 22.3 Å². The molecule has 15 heteroatoms. The Hall–Kier alpha value is -6.23. The van der Waals surface area contributed by atoms with E-state index >= 15 is 4.79 Å². The molecule has 1 saturated carbocycles. The zero-order valence-electron chi connectivity index (χ0n) is 39.3. The van der Waals surface area contributed by atoms with Crippen LogP contribution in [0.3, 0.4) is 0 Å². The van der Waals surface area contributed by atoms with Crippen molar-refractivity contribution < 1.29 is 52.9 Å². The van der Waals surface area contributed by atoms with Gasteiger partial charge in [-0.25, -0.2) is 0 Å². The number of aliphatic hydroxyl groups excluding tert-OH is 1. The second-order valence-electron chi connectivity index (χ2n) is 19.1. The van der Waals surface area contributed by atoms with Crippen molar-refractivity contribution in [3.8, 4) is 0 Å². The zero-order valence-corrected chi connectivity index (χ0v) is 39.3. The fraction of sp³-hybridized carbons (Fsp3) is 0.415. The Balaban J connectivity index is 1.19. The molecule has 4 fully saturated rings. The Labute approximate surface area is 396 Å². The Bertz CT molecular complexity index is 2460. The summed E-state index contributed by atoms with van der Waals surface area (Å²) in [6.07, 6.45) is -0.732. The highest BCUT2D eigenvalue weighted by molar-refractivity contribution is 5.96. The summed E-state index contributed by atoms with van der Waals surface area (Å²) in [4.78, 5) is 80.7. The lowest BCUT2D eigenvalue weighted by Gasteiger charge is -2.50. The lowest BCUT2D eigenvalue weighted by Crippen LogP contribution is -2.70. The summed E-state index contributed by atoms with van der Waals surface area (Å²) in [7, 11) is 4.85. The van der Waals surface area contributed by atoms with Gasteiger partial charge >= 0.3 is 11.9 Å².